The Morgan fingerprint density at radius 3 is 1.77 bits per heavy atom. The van der Waals surface area contributed by atoms with E-state index in [0.717, 1.165) is 41.3 Å². The number of hydrogen-bond donors (Lipinski definition) is 0. The molecule has 2 atom stereocenters. The van der Waals surface area contributed by atoms with E-state index in [1.807, 2.05) is 0 Å². The molecular weight excluding hydrogens is 773 g/mol. The molecule has 0 N–H and O–H groups in total. The molecule has 0 radical (unpaired) electrons. The number of fused-ring (bicyclic) bond motifs is 2. The number of anilines is 5. The molecule has 0 bridgehead atoms. The van der Waals surface area contributed by atoms with Gasteiger partial charge in [-0.3, -0.25) is 0 Å². The fourth-order valence-corrected chi connectivity index (χ4v) is 9.70. The molecule has 2 aliphatic carbocycles. The van der Waals surface area contributed by atoms with Crippen LogP contribution in [0.25, 0.3) is 44.7 Å². The molecule has 9 aromatic rings. The number of hydrogen-bond acceptors (Lipinski definition) is 2. The van der Waals surface area contributed by atoms with E-state index in [0.29, 0.717) is 0 Å². The first-order chi connectivity index (χ1) is 31.7. The highest BCUT2D eigenvalue weighted by molar-refractivity contribution is 5.90. The number of nitrogens with zero attached hydrogens (tertiary/aromatic N) is 2. The Morgan fingerprint density at radius 1 is 0.391 bits per heavy atom. The third kappa shape index (κ3) is 7.76. The van der Waals surface area contributed by atoms with Crippen molar-refractivity contribution in [2.45, 2.75) is 24.8 Å². The van der Waals surface area contributed by atoms with Gasteiger partial charge < -0.3 is 9.80 Å². The fourth-order valence-electron chi connectivity index (χ4n) is 9.70. The maximum Gasteiger partial charge on any atom is 0.0628 e. The fraction of sp³-hybridized carbons (Fsp3) is 0.0645. The summed E-state index contributed by atoms with van der Waals surface area (Å²) in [5, 5.41) is 2.51. The van der Waals surface area contributed by atoms with Gasteiger partial charge in [-0.1, -0.05) is 194 Å². The minimum atomic E-state index is 0.0627. The summed E-state index contributed by atoms with van der Waals surface area (Å²) in [5.41, 5.74) is 17.2. The van der Waals surface area contributed by atoms with Crippen LogP contribution < -0.4 is 9.80 Å². The van der Waals surface area contributed by atoms with Gasteiger partial charge in [-0.2, -0.15) is 0 Å². The molecule has 0 spiro atoms. The zero-order valence-corrected chi connectivity index (χ0v) is 35.7. The Labute approximate surface area is 377 Å². The Hall–Kier alpha value is -7.94. The van der Waals surface area contributed by atoms with E-state index in [2.05, 4.69) is 265 Å². The molecule has 0 saturated heterocycles. The van der Waals surface area contributed by atoms with Crippen LogP contribution in [-0.4, -0.2) is 6.04 Å². The van der Waals surface area contributed by atoms with Gasteiger partial charge in [0, 0.05) is 34.2 Å². The molecule has 0 saturated carbocycles. The van der Waals surface area contributed by atoms with Crippen LogP contribution >= 0.6 is 0 Å². The summed E-state index contributed by atoms with van der Waals surface area (Å²) in [4.78, 5) is 4.88. The molecule has 0 heterocycles. The molecule has 2 nitrogen and oxygen atoms in total. The zero-order chi connectivity index (χ0) is 42.7. The number of benzene rings is 9. The second-order valence-electron chi connectivity index (χ2n) is 16.8. The number of para-hydroxylation sites is 3. The van der Waals surface area contributed by atoms with E-state index in [1.165, 1.54) is 60.9 Å². The van der Waals surface area contributed by atoms with Gasteiger partial charge in [0.15, 0.2) is 0 Å². The first-order valence-corrected chi connectivity index (χ1v) is 22.5. The van der Waals surface area contributed by atoms with Gasteiger partial charge in [-0.15, -0.1) is 0 Å². The standard InChI is InChI=1S/C62H48N2/c1-3-19-55(20-4-1)63(57-39-35-47(36-40-57)53-33-27-45-15-7-9-17-51(45)43-53)61-25-13-11-23-59(61)49-29-31-50(32-30-49)60-24-12-14-26-62(60)64(56-21-5-2-6-22-56)58-41-37-48(38-42-58)54-34-28-46-16-8-10-18-52(46)44-54/h1-27,29-33,35-44,59,61H,28,34H2. The van der Waals surface area contributed by atoms with Crippen LogP contribution in [0.1, 0.15) is 34.6 Å². The largest absolute Gasteiger partial charge is 0.334 e. The molecule has 9 aromatic carbocycles. The van der Waals surface area contributed by atoms with E-state index < -0.39 is 0 Å². The van der Waals surface area contributed by atoms with Gasteiger partial charge in [0.25, 0.3) is 0 Å². The van der Waals surface area contributed by atoms with Crippen molar-refractivity contribution in [3.05, 3.63) is 271 Å². The third-order valence-electron chi connectivity index (χ3n) is 13.0. The molecule has 2 heteroatoms. The quantitative estimate of drug-likeness (QED) is 0.136. The molecule has 306 valence electrons. The first-order valence-electron chi connectivity index (χ1n) is 22.5. The van der Waals surface area contributed by atoms with Crippen LogP contribution in [0.4, 0.5) is 28.4 Å². The van der Waals surface area contributed by atoms with Crippen molar-refractivity contribution in [3.8, 4) is 22.3 Å². The SMILES string of the molecule is C1=CC(c2ccc(-c3ccccc3N(c3ccccc3)c3ccc(C4=Cc5ccccc5CC4)cc3)cc2)C(N(c2ccccc2)c2ccc(-c3ccc4ccccc4c3)cc2)C=C1. The van der Waals surface area contributed by atoms with E-state index >= 15 is 0 Å². The Morgan fingerprint density at radius 2 is 0.969 bits per heavy atom. The van der Waals surface area contributed by atoms with E-state index in [9.17, 15) is 0 Å². The van der Waals surface area contributed by atoms with Gasteiger partial charge in [-0.25, -0.2) is 0 Å². The minimum absolute atomic E-state index is 0.0627. The summed E-state index contributed by atoms with van der Waals surface area (Å²) in [6.45, 7) is 0. The van der Waals surface area contributed by atoms with Crippen molar-refractivity contribution < 1.29 is 0 Å². The molecular formula is C62H48N2. The van der Waals surface area contributed by atoms with Gasteiger partial charge in [0.05, 0.1) is 11.7 Å². The van der Waals surface area contributed by atoms with Gasteiger partial charge in [0.2, 0.25) is 0 Å². The van der Waals surface area contributed by atoms with Crippen molar-refractivity contribution in [2.24, 2.45) is 0 Å². The second kappa shape index (κ2) is 17.4. The predicted molar refractivity (Wildman–Crippen MR) is 272 cm³/mol. The summed E-state index contributed by atoms with van der Waals surface area (Å²) in [6, 6.07) is 82.0. The lowest BCUT2D eigenvalue weighted by molar-refractivity contribution is 0.690. The molecule has 0 aromatic heterocycles. The highest BCUT2D eigenvalue weighted by atomic mass is 15.2. The predicted octanol–water partition coefficient (Wildman–Crippen LogP) is 16.5. The average Bonchev–Trinajstić information content (AvgIpc) is 3.38. The number of rotatable bonds is 10. The highest BCUT2D eigenvalue weighted by Gasteiger charge is 2.29. The summed E-state index contributed by atoms with van der Waals surface area (Å²) in [5.74, 6) is 0.127. The van der Waals surface area contributed by atoms with E-state index in [1.54, 1.807) is 0 Å². The topological polar surface area (TPSA) is 6.48 Å². The third-order valence-corrected chi connectivity index (χ3v) is 13.0. The minimum Gasteiger partial charge on any atom is -0.334 e. The number of aryl methyl sites for hydroxylation is 1. The van der Waals surface area contributed by atoms with Crippen LogP contribution in [-0.2, 0) is 6.42 Å². The van der Waals surface area contributed by atoms with Crippen molar-refractivity contribution in [3.63, 3.8) is 0 Å². The molecule has 2 aliphatic rings. The van der Waals surface area contributed by atoms with Crippen molar-refractivity contribution in [2.75, 3.05) is 9.80 Å². The lowest BCUT2D eigenvalue weighted by atomic mass is 9.85. The Bertz CT molecular complexity index is 3140. The first kappa shape index (κ1) is 38.9. The van der Waals surface area contributed by atoms with E-state index in [4.69, 9.17) is 0 Å². The highest BCUT2D eigenvalue weighted by Crippen LogP contribution is 2.43. The second-order valence-corrected chi connectivity index (χ2v) is 16.8. The van der Waals surface area contributed by atoms with Gasteiger partial charge >= 0.3 is 0 Å². The Kier molecular flexibility index (Phi) is 10.6. The average molecular weight is 821 g/mol. The summed E-state index contributed by atoms with van der Waals surface area (Å²) >= 11 is 0. The summed E-state index contributed by atoms with van der Waals surface area (Å²) < 4.78 is 0. The Balaban J connectivity index is 0.907. The molecule has 0 fully saturated rings. The maximum absolute atomic E-state index is 2.49. The maximum atomic E-state index is 2.49. The van der Waals surface area contributed by atoms with Crippen LogP contribution in [0.5, 0.6) is 0 Å². The van der Waals surface area contributed by atoms with Crippen LogP contribution in [0.2, 0.25) is 0 Å². The van der Waals surface area contributed by atoms with Crippen molar-refractivity contribution in [1.82, 2.24) is 0 Å². The van der Waals surface area contributed by atoms with E-state index in [-0.39, 0.29) is 12.0 Å². The molecule has 0 amide bonds. The molecule has 64 heavy (non-hydrogen) atoms. The zero-order valence-electron chi connectivity index (χ0n) is 35.7. The van der Waals surface area contributed by atoms with Crippen LogP contribution in [0.3, 0.4) is 0 Å². The van der Waals surface area contributed by atoms with Gasteiger partial charge in [-0.05, 0) is 129 Å². The molecule has 11 rings (SSSR count). The monoisotopic (exact) mass is 820 g/mol. The lowest BCUT2D eigenvalue weighted by Gasteiger charge is -2.37. The smallest absolute Gasteiger partial charge is 0.0628 e. The van der Waals surface area contributed by atoms with Crippen molar-refractivity contribution in [1.29, 1.82) is 0 Å². The summed E-state index contributed by atoms with van der Waals surface area (Å²) in [6.07, 6.45) is 13.6. The van der Waals surface area contributed by atoms with Crippen molar-refractivity contribution >= 4 is 50.9 Å². The molecule has 0 aliphatic heterocycles. The van der Waals surface area contributed by atoms with Gasteiger partial charge in [0.1, 0.15) is 0 Å². The number of allylic oxidation sites excluding steroid dienone is 3. The summed E-state index contributed by atoms with van der Waals surface area (Å²) in [7, 11) is 0. The van der Waals surface area contributed by atoms with Crippen LogP contribution in [0, 0.1) is 0 Å². The molecule has 2 unspecified atom stereocenters. The lowest BCUT2D eigenvalue weighted by Crippen LogP contribution is -2.35. The van der Waals surface area contributed by atoms with Crippen LogP contribution in [0.15, 0.2) is 249 Å². The normalized spacial score (nSPS) is 15.3.